The Morgan fingerprint density at radius 3 is 3.24 bits per heavy atom. The maximum Gasteiger partial charge on any atom is 0.291 e. The van der Waals surface area contributed by atoms with E-state index in [1.807, 2.05) is 0 Å². The molecular weight excluding hydrogens is 238 g/mol. The van der Waals surface area contributed by atoms with Crippen LogP contribution >= 0.6 is 11.3 Å². The number of nitrogens with zero attached hydrogens (tertiary/aromatic N) is 3. The molecule has 3 heterocycles. The van der Waals surface area contributed by atoms with Crippen molar-refractivity contribution in [1.29, 1.82) is 0 Å². The summed E-state index contributed by atoms with van der Waals surface area (Å²) >= 11 is 1.75. The molecule has 0 unspecified atom stereocenters. The molecule has 3 N–H and O–H groups in total. The third-order valence-corrected chi connectivity index (χ3v) is 3.82. The summed E-state index contributed by atoms with van der Waals surface area (Å²) in [4.78, 5) is 19.1. The average Bonchev–Trinajstić information content (AvgIpc) is 2.95. The lowest BCUT2D eigenvalue weighted by atomic mass is 10.1. The Morgan fingerprint density at radius 2 is 2.47 bits per heavy atom. The largest absolute Gasteiger partial charge is 0.366 e. The van der Waals surface area contributed by atoms with Crippen LogP contribution in [0.1, 0.15) is 21.1 Å². The van der Waals surface area contributed by atoms with E-state index in [0.29, 0.717) is 13.1 Å². The average molecular weight is 249 g/mol. The lowest BCUT2D eigenvalue weighted by Gasteiger charge is -2.25. The summed E-state index contributed by atoms with van der Waals surface area (Å²) in [5.74, 6) is 0.161. The fourth-order valence-electron chi connectivity index (χ4n) is 1.94. The van der Waals surface area contributed by atoms with Gasteiger partial charge in [0.05, 0.1) is 0 Å². The molecule has 6 nitrogen and oxygen atoms in total. The number of nitrogens with two attached hydrogens (primary N) is 1. The number of hydrogen-bond acceptors (Lipinski definition) is 5. The van der Waals surface area contributed by atoms with Crippen LogP contribution in [0.5, 0.6) is 0 Å². The lowest BCUT2D eigenvalue weighted by Crippen LogP contribution is -2.35. The van der Waals surface area contributed by atoms with Gasteiger partial charge in [-0.15, -0.1) is 16.4 Å². The number of fused-ring (bicyclic) bond motifs is 1. The van der Waals surface area contributed by atoms with Crippen molar-refractivity contribution in [3.05, 3.63) is 27.7 Å². The van der Waals surface area contributed by atoms with Crippen molar-refractivity contribution >= 4 is 23.2 Å². The van der Waals surface area contributed by atoms with Crippen LogP contribution in [-0.2, 0) is 13.0 Å². The number of anilines is 1. The van der Waals surface area contributed by atoms with Crippen molar-refractivity contribution in [3.8, 4) is 0 Å². The Balaban J connectivity index is 1.81. The molecule has 0 radical (unpaired) electrons. The van der Waals surface area contributed by atoms with Crippen molar-refractivity contribution in [2.45, 2.75) is 13.0 Å². The Hall–Kier alpha value is -1.89. The third kappa shape index (κ3) is 1.78. The second kappa shape index (κ2) is 3.85. The van der Waals surface area contributed by atoms with Crippen molar-refractivity contribution in [3.63, 3.8) is 0 Å². The predicted molar refractivity (Wildman–Crippen MR) is 63.6 cm³/mol. The van der Waals surface area contributed by atoms with Crippen molar-refractivity contribution < 1.29 is 4.79 Å². The minimum atomic E-state index is -0.147. The van der Waals surface area contributed by atoms with Crippen LogP contribution in [-0.4, -0.2) is 32.5 Å². The number of carbonyl (C=O) groups is 1. The molecule has 2 aromatic heterocycles. The normalized spacial score (nSPS) is 14.7. The van der Waals surface area contributed by atoms with E-state index in [0.717, 1.165) is 6.42 Å². The topological polar surface area (TPSA) is 87.9 Å². The minimum absolute atomic E-state index is 0.0987. The summed E-state index contributed by atoms with van der Waals surface area (Å²) < 4.78 is 0. The summed E-state index contributed by atoms with van der Waals surface area (Å²) in [6, 6.07) is 2.06. The van der Waals surface area contributed by atoms with Gasteiger partial charge in [0.1, 0.15) is 0 Å². The molecule has 1 aliphatic rings. The predicted octanol–water partition coefficient (Wildman–Crippen LogP) is 0.647. The number of nitrogen functional groups attached to an aromatic ring is 1. The van der Waals surface area contributed by atoms with E-state index in [1.165, 1.54) is 10.4 Å². The SMILES string of the molecule is Nc1n[nH]c(C(=O)N2CCc3sccc3C2)n1. The van der Waals surface area contributed by atoms with Gasteiger partial charge in [0.2, 0.25) is 11.8 Å². The van der Waals surface area contributed by atoms with Crippen molar-refractivity contribution in [2.75, 3.05) is 12.3 Å². The molecule has 0 spiro atoms. The molecule has 0 fully saturated rings. The van der Waals surface area contributed by atoms with E-state index >= 15 is 0 Å². The van der Waals surface area contributed by atoms with E-state index < -0.39 is 0 Å². The molecular formula is C10H11N5OS. The zero-order valence-electron chi connectivity index (χ0n) is 9.01. The van der Waals surface area contributed by atoms with Gasteiger partial charge in [-0.25, -0.2) is 0 Å². The molecule has 3 rings (SSSR count). The van der Waals surface area contributed by atoms with Crippen LogP contribution in [0, 0.1) is 0 Å². The Bertz CT molecular complexity index is 561. The highest BCUT2D eigenvalue weighted by Crippen LogP contribution is 2.24. The number of carbonyl (C=O) groups excluding carboxylic acids is 1. The molecule has 0 saturated heterocycles. The van der Waals surface area contributed by atoms with E-state index in [-0.39, 0.29) is 17.7 Å². The lowest BCUT2D eigenvalue weighted by molar-refractivity contribution is 0.0724. The molecule has 1 amide bonds. The number of hydrogen-bond donors (Lipinski definition) is 2. The first-order chi connectivity index (χ1) is 8.24. The van der Waals surface area contributed by atoms with Crippen LogP contribution in [0.15, 0.2) is 11.4 Å². The van der Waals surface area contributed by atoms with Gasteiger partial charge in [-0.05, 0) is 23.4 Å². The van der Waals surface area contributed by atoms with Gasteiger partial charge in [0.15, 0.2) is 0 Å². The van der Waals surface area contributed by atoms with Gasteiger partial charge >= 0.3 is 0 Å². The van der Waals surface area contributed by atoms with E-state index in [4.69, 9.17) is 5.73 Å². The van der Waals surface area contributed by atoms with E-state index in [1.54, 1.807) is 16.2 Å². The first-order valence-electron chi connectivity index (χ1n) is 5.26. The van der Waals surface area contributed by atoms with Crippen LogP contribution < -0.4 is 5.73 Å². The number of nitrogens with one attached hydrogen (secondary N) is 1. The summed E-state index contributed by atoms with van der Waals surface area (Å²) in [7, 11) is 0. The molecule has 2 aromatic rings. The fourth-order valence-corrected chi connectivity index (χ4v) is 2.83. The Morgan fingerprint density at radius 1 is 1.59 bits per heavy atom. The zero-order valence-corrected chi connectivity index (χ0v) is 9.83. The standard InChI is InChI=1S/C10H11N5OS/c11-10-12-8(13-14-10)9(16)15-3-1-7-6(5-15)2-4-17-7/h2,4H,1,3,5H2,(H3,11,12,13,14). The molecule has 7 heteroatoms. The molecule has 0 bridgehead atoms. The molecule has 0 atom stereocenters. The maximum absolute atomic E-state index is 12.1. The highest BCUT2D eigenvalue weighted by Gasteiger charge is 2.24. The number of amides is 1. The first kappa shape index (κ1) is 10.3. The molecule has 0 aromatic carbocycles. The first-order valence-corrected chi connectivity index (χ1v) is 6.14. The zero-order chi connectivity index (χ0) is 11.8. The molecule has 0 aliphatic carbocycles. The highest BCUT2D eigenvalue weighted by atomic mass is 32.1. The quantitative estimate of drug-likeness (QED) is 0.776. The van der Waals surface area contributed by atoms with Gasteiger partial charge in [0, 0.05) is 18.0 Å². The van der Waals surface area contributed by atoms with Crippen LogP contribution in [0.3, 0.4) is 0 Å². The highest BCUT2D eigenvalue weighted by molar-refractivity contribution is 7.10. The summed E-state index contributed by atoms with van der Waals surface area (Å²) in [5, 5.41) is 8.27. The number of aromatic nitrogens is 3. The van der Waals surface area contributed by atoms with E-state index in [2.05, 4.69) is 26.6 Å². The number of aromatic amines is 1. The van der Waals surface area contributed by atoms with E-state index in [9.17, 15) is 4.79 Å². The summed E-state index contributed by atoms with van der Waals surface area (Å²) in [6.45, 7) is 1.35. The smallest absolute Gasteiger partial charge is 0.291 e. The fraction of sp³-hybridized carbons (Fsp3) is 0.300. The van der Waals surface area contributed by atoms with Gasteiger partial charge in [-0.2, -0.15) is 4.98 Å². The number of thiophene rings is 1. The molecule has 0 saturated carbocycles. The van der Waals surface area contributed by atoms with Gasteiger partial charge in [-0.1, -0.05) is 0 Å². The minimum Gasteiger partial charge on any atom is -0.366 e. The maximum atomic E-state index is 12.1. The third-order valence-electron chi connectivity index (χ3n) is 2.80. The summed E-state index contributed by atoms with van der Waals surface area (Å²) in [6.07, 6.45) is 0.905. The van der Waals surface area contributed by atoms with Gasteiger partial charge in [-0.3, -0.25) is 9.89 Å². The molecule has 88 valence electrons. The molecule has 17 heavy (non-hydrogen) atoms. The van der Waals surface area contributed by atoms with Crippen molar-refractivity contribution in [2.24, 2.45) is 0 Å². The Labute approximate surface area is 101 Å². The second-order valence-corrected chi connectivity index (χ2v) is 4.89. The van der Waals surface area contributed by atoms with Crippen molar-refractivity contribution in [1.82, 2.24) is 20.1 Å². The Kier molecular flexibility index (Phi) is 2.32. The molecule has 1 aliphatic heterocycles. The summed E-state index contributed by atoms with van der Waals surface area (Å²) in [5.41, 5.74) is 6.61. The van der Waals surface area contributed by atoms with Gasteiger partial charge in [0.25, 0.3) is 5.91 Å². The number of rotatable bonds is 1. The van der Waals surface area contributed by atoms with Crippen LogP contribution in [0.2, 0.25) is 0 Å². The van der Waals surface area contributed by atoms with Crippen LogP contribution in [0.4, 0.5) is 5.95 Å². The second-order valence-electron chi connectivity index (χ2n) is 3.89. The van der Waals surface area contributed by atoms with Crippen LogP contribution in [0.25, 0.3) is 0 Å². The van der Waals surface area contributed by atoms with Gasteiger partial charge < -0.3 is 10.6 Å². The number of H-pyrrole nitrogens is 1. The monoisotopic (exact) mass is 249 g/mol.